The van der Waals surface area contributed by atoms with E-state index in [9.17, 15) is 0 Å². The van der Waals surface area contributed by atoms with Crippen LogP contribution in [-0.4, -0.2) is 35.2 Å². The van der Waals surface area contributed by atoms with Crippen LogP contribution in [0.25, 0.3) is 0 Å². The van der Waals surface area contributed by atoms with E-state index in [0.29, 0.717) is 6.04 Å². The lowest BCUT2D eigenvalue weighted by Gasteiger charge is -2.32. The van der Waals surface area contributed by atoms with E-state index in [1.165, 1.54) is 0 Å². The van der Waals surface area contributed by atoms with Gasteiger partial charge in [0.05, 0.1) is 5.69 Å². The predicted molar refractivity (Wildman–Crippen MR) is 57.6 cm³/mol. The Hall–Kier alpha value is -1.03. The fourth-order valence-corrected chi connectivity index (χ4v) is 2.01. The van der Waals surface area contributed by atoms with Crippen LogP contribution in [0.1, 0.15) is 12.6 Å². The Bertz CT molecular complexity index is 318. The molecular weight excluding hydrogens is 176 g/mol. The van der Waals surface area contributed by atoms with Crippen molar-refractivity contribution in [2.75, 3.05) is 24.5 Å². The number of aromatic nitrogens is 2. The summed E-state index contributed by atoms with van der Waals surface area (Å²) >= 11 is 0. The summed E-state index contributed by atoms with van der Waals surface area (Å²) in [6, 6.07) is 0.556. The molecule has 0 aromatic carbocycles. The van der Waals surface area contributed by atoms with Crippen molar-refractivity contribution >= 4 is 5.95 Å². The van der Waals surface area contributed by atoms with Gasteiger partial charge in [-0.25, -0.2) is 4.98 Å². The number of aryl methyl sites for hydroxylation is 2. The molecule has 1 aromatic rings. The van der Waals surface area contributed by atoms with Gasteiger partial charge in [0.25, 0.3) is 0 Å². The lowest BCUT2D eigenvalue weighted by molar-refractivity contribution is 0.476. The lowest BCUT2D eigenvalue weighted by Crippen LogP contribution is -2.50. The highest BCUT2D eigenvalue weighted by molar-refractivity contribution is 5.34. The van der Waals surface area contributed by atoms with E-state index in [0.717, 1.165) is 31.3 Å². The van der Waals surface area contributed by atoms with Crippen LogP contribution >= 0.6 is 0 Å². The Morgan fingerprint density at radius 1 is 1.57 bits per heavy atom. The lowest BCUT2D eigenvalue weighted by atomic mass is 10.2. The molecule has 1 N–H and O–H groups in total. The van der Waals surface area contributed by atoms with Gasteiger partial charge in [0.15, 0.2) is 0 Å². The van der Waals surface area contributed by atoms with Crippen LogP contribution in [0.5, 0.6) is 0 Å². The van der Waals surface area contributed by atoms with Crippen molar-refractivity contribution in [3.8, 4) is 0 Å². The minimum Gasteiger partial charge on any atom is -0.339 e. The van der Waals surface area contributed by atoms with E-state index in [2.05, 4.69) is 39.9 Å². The van der Waals surface area contributed by atoms with E-state index in [1.807, 2.05) is 6.92 Å². The number of hydrogen-bond donors (Lipinski definition) is 1. The highest BCUT2D eigenvalue weighted by atomic mass is 15.3. The van der Waals surface area contributed by atoms with Gasteiger partial charge >= 0.3 is 0 Å². The molecule has 1 atom stereocenters. The molecule has 1 aliphatic rings. The van der Waals surface area contributed by atoms with Crippen LogP contribution in [0.4, 0.5) is 5.95 Å². The molecule has 1 saturated heterocycles. The maximum absolute atomic E-state index is 4.53. The largest absolute Gasteiger partial charge is 0.339 e. The van der Waals surface area contributed by atoms with Crippen LogP contribution in [0.2, 0.25) is 0 Å². The van der Waals surface area contributed by atoms with Gasteiger partial charge in [-0.05, 0) is 13.8 Å². The van der Waals surface area contributed by atoms with Crippen LogP contribution < -0.4 is 10.2 Å². The van der Waals surface area contributed by atoms with Crippen LogP contribution in [0, 0.1) is 6.92 Å². The smallest absolute Gasteiger partial charge is 0.205 e. The average molecular weight is 194 g/mol. The van der Waals surface area contributed by atoms with Crippen molar-refractivity contribution in [1.29, 1.82) is 0 Å². The Morgan fingerprint density at radius 2 is 2.36 bits per heavy atom. The third kappa shape index (κ3) is 1.75. The molecule has 4 nitrogen and oxygen atoms in total. The maximum atomic E-state index is 4.53. The van der Waals surface area contributed by atoms with Crippen LogP contribution in [0.15, 0.2) is 6.20 Å². The fourth-order valence-electron chi connectivity index (χ4n) is 2.01. The molecule has 0 unspecified atom stereocenters. The number of anilines is 1. The summed E-state index contributed by atoms with van der Waals surface area (Å²) in [5, 5.41) is 3.43. The number of nitrogens with one attached hydrogen (secondary N) is 1. The molecule has 0 amide bonds. The minimum atomic E-state index is 0.556. The summed E-state index contributed by atoms with van der Waals surface area (Å²) in [5.41, 5.74) is 1.09. The topological polar surface area (TPSA) is 33.1 Å². The second-order valence-electron chi connectivity index (χ2n) is 4.09. The van der Waals surface area contributed by atoms with Gasteiger partial charge in [-0.1, -0.05) is 0 Å². The van der Waals surface area contributed by atoms with E-state index < -0.39 is 0 Å². The molecule has 0 spiro atoms. The quantitative estimate of drug-likeness (QED) is 0.708. The third-order valence-electron chi connectivity index (χ3n) is 2.62. The number of hydrogen-bond acceptors (Lipinski definition) is 3. The summed E-state index contributed by atoms with van der Waals surface area (Å²) in [7, 11) is 2.06. The van der Waals surface area contributed by atoms with Crippen LogP contribution in [0.3, 0.4) is 0 Å². The Morgan fingerprint density at radius 3 is 2.93 bits per heavy atom. The number of nitrogens with zero attached hydrogens (tertiary/aromatic N) is 3. The SMILES string of the molecule is Cc1cn(C)c(N2CCN[C@@H](C)C2)n1. The first kappa shape index (κ1) is 9.52. The average Bonchev–Trinajstić information content (AvgIpc) is 2.45. The van der Waals surface area contributed by atoms with Gasteiger partial charge in [-0.15, -0.1) is 0 Å². The molecule has 78 valence electrons. The van der Waals surface area contributed by atoms with Gasteiger partial charge < -0.3 is 14.8 Å². The Labute approximate surface area is 84.9 Å². The molecule has 2 rings (SSSR count). The Balaban J connectivity index is 2.17. The van der Waals surface area contributed by atoms with Crippen molar-refractivity contribution in [3.05, 3.63) is 11.9 Å². The molecule has 1 fully saturated rings. The van der Waals surface area contributed by atoms with E-state index in [-0.39, 0.29) is 0 Å². The molecule has 0 radical (unpaired) electrons. The number of imidazole rings is 1. The third-order valence-corrected chi connectivity index (χ3v) is 2.62. The summed E-state index contributed by atoms with van der Waals surface area (Å²) in [5.74, 6) is 1.09. The first-order chi connectivity index (χ1) is 6.66. The highest BCUT2D eigenvalue weighted by Crippen LogP contribution is 2.14. The Kier molecular flexibility index (Phi) is 2.46. The number of piperazine rings is 1. The van der Waals surface area contributed by atoms with Gasteiger partial charge in [0, 0.05) is 38.9 Å². The second kappa shape index (κ2) is 3.61. The molecule has 0 aliphatic carbocycles. The van der Waals surface area contributed by atoms with Gasteiger partial charge in [-0.3, -0.25) is 0 Å². The molecule has 1 aliphatic heterocycles. The summed E-state index contributed by atoms with van der Waals surface area (Å²) in [4.78, 5) is 6.87. The van der Waals surface area contributed by atoms with Crippen molar-refractivity contribution < 1.29 is 0 Å². The molecule has 14 heavy (non-hydrogen) atoms. The molecule has 4 heteroatoms. The van der Waals surface area contributed by atoms with Gasteiger partial charge in [0.1, 0.15) is 0 Å². The summed E-state index contributed by atoms with van der Waals surface area (Å²) in [6.45, 7) is 7.39. The maximum Gasteiger partial charge on any atom is 0.205 e. The van der Waals surface area contributed by atoms with Crippen molar-refractivity contribution in [2.45, 2.75) is 19.9 Å². The minimum absolute atomic E-state index is 0.556. The van der Waals surface area contributed by atoms with Crippen molar-refractivity contribution in [2.24, 2.45) is 7.05 Å². The molecule has 1 aromatic heterocycles. The first-order valence-electron chi connectivity index (χ1n) is 5.15. The summed E-state index contributed by atoms with van der Waals surface area (Å²) < 4.78 is 2.10. The van der Waals surface area contributed by atoms with Crippen molar-refractivity contribution in [3.63, 3.8) is 0 Å². The fraction of sp³-hybridized carbons (Fsp3) is 0.700. The molecular formula is C10H18N4. The highest BCUT2D eigenvalue weighted by Gasteiger charge is 2.18. The van der Waals surface area contributed by atoms with E-state index >= 15 is 0 Å². The summed E-state index contributed by atoms with van der Waals surface area (Å²) in [6.07, 6.45) is 2.07. The van der Waals surface area contributed by atoms with Crippen LogP contribution in [-0.2, 0) is 7.05 Å². The van der Waals surface area contributed by atoms with Gasteiger partial charge in [0.2, 0.25) is 5.95 Å². The zero-order valence-corrected chi connectivity index (χ0v) is 9.12. The predicted octanol–water partition coefficient (Wildman–Crippen LogP) is 0.527. The van der Waals surface area contributed by atoms with E-state index in [1.54, 1.807) is 0 Å². The van der Waals surface area contributed by atoms with Gasteiger partial charge in [-0.2, -0.15) is 0 Å². The monoisotopic (exact) mass is 194 g/mol. The van der Waals surface area contributed by atoms with E-state index in [4.69, 9.17) is 0 Å². The second-order valence-corrected chi connectivity index (χ2v) is 4.09. The zero-order valence-electron chi connectivity index (χ0n) is 9.12. The molecule has 0 saturated carbocycles. The number of rotatable bonds is 1. The molecule has 0 bridgehead atoms. The standard InChI is InChI=1S/C10H18N4/c1-8-7-14(5-4-11-8)10-12-9(2)6-13(10)3/h6,8,11H,4-5,7H2,1-3H3/t8-/m0/s1. The molecule has 2 heterocycles. The van der Waals surface area contributed by atoms with Crippen molar-refractivity contribution in [1.82, 2.24) is 14.9 Å². The normalized spacial score (nSPS) is 22.8. The zero-order chi connectivity index (χ0) is 10.1. The first-order valence-corrected chi connectivity index (χ1v) is 5.15.